The fraction of sp³-hybridized carbons (Fsp3) is 0.765. The summed E-state index contributed by atoms with van der Waals surface area (Å²) in [7, 11) is -1.52. The van der Waals surface area contributed by atoms with Gasteiger partial charge in [0.2, 0.25) is 15.9 Å². The summed E-state index contributed by atoms with van der Waals surface area (Å²) in [5.41, 5.74) is -0.0808. The molecule has 0 atom stereocenters. The van der Waals surface area contributed by atoms with E-state index in [0.717, 1.165) is 12.3 Å². The maximum Gasteiger partial charge on any atom is 0.216 e. The minimum Gasteiger partial charge on any atom is -0.443 e. The molecule has 0 saturated carbocycles. The first kappa shape index (κ1) is 26.1. The van der Waals surface area contributed by atoms with Crippen molar-refractivity contribution >= 4 is 40.0 Å². The van der Waals surface area contributed by atoms with Crippen molar-refractivity contribution in [3.8, 4) is 0 Å². The van der Waals surface area contributed by atoms with Crippen molar-refractivity contribution in [1.82, 2.24) is 19.9 Å². The lowest BCUT2D eigenvalue weighted by Crippen LogP contribution is -2.39. The molecule has 1 aromatic heterocycles. The summed E-state index contributed by atoms with van der Waals surface area (Å²) in [5, 5.41) is 6.36. The third-order valence-electron chi connectivity index (χ3n) is 3.79. The van der Waals surface area contributed by atoms with Gasteiger partial charge in [-0.3, -0.25) is 0 Å². The molecule has 2 N–H and O–H groups in total. The zero-order chi connectivity index (χ0) is 19.8. The normalized spacial score (nSPS) is 12.8. The van der Waals surface area contributed by atoms with E-state index in [1.54, 1.807) is 20.2 Å². The van der Waals surface area contributed by atoms with Crippen molar-refractivity contribution in [2.75, 3.05) is 32.4 Å². The molecular weight excluding hydrogens is 481 g/mol. The average Bonchev–Trinajstić information content (AvgIpc) is 3.05. The second kappa shape index (κ2) is 11.8. The predicted octanol–water partition coefficient (Wildman–Crippen LogP) is 2.32. The first-order chi connectivity index (χ1) is 12.1. The zero-order valence-electron chi connectivity index (χ0n) is 17.2. The lowest BCUT2D eigenvalue weighted by molar-refractivity contribution is 0.383. The van der Waals surface area contributed by atoms with Crippen molar-refractivity contribution in [2.24, 2.45) is 4.99 Å². The number of hydrogen-bond donors (Lipinski definition) is 2. The van der Waals surface area contributed by atoms with Crippen LogP contribution in [0.15, 0.2) is 15.6 Å². The molecule has 0 aliphatic carbocycles. The summed E-state index contributed by atoms with van der Waals surface area (Å²) >= 11 is 0. The van der Waals surface area contributed by atoms with Gasteiger partial charge in [-0.05, 0) is 20.3 Å². The number of aliphatic imine (C=N–C) groups is 1. The van der Waals surface area contributed by atoms with Gasteiger partial charge in [-0.2, -0.15) is 0 Å². The van der Waals surface area contributed by atoms with Crippen LogP contribution in [0.2, 0.25) is 0 Å². The predicted molar refractivity (Wildman–Crippen MR) is 120 cm³/mol. The van der Waals surface area contributed by atoms with Gasteiger partial charge in [0.1, 0.15) is 12.3 Å². The molecule has 0 aromatic carbocycles. The van der Waals surface area contributed by atoms with Crippen LogP contribution in [0.4, 0.5) is 0 Å². The van der Waals surface area contributed by atoms with Gasteiger partial charge in [-0.15, -0.1) is 24.0 Å². The molecule has 0 bridgehead atoms. The number of sulfonamides is 1. The van der Waals surface area contributed by atoms with Gasteiger partial charge in [0.05, 0.1) is 11.9 Å². The van der Waals surface area contributed by atoms with E-state index in [2.05, 4.69) is 41.4 Å². The molecule has 10 heteroatoms. The van der Waals surface area contributed by atoms with Gasteiger partial charge in [0.15, 0.2) is 5.96 Å². The Hall–Kier alpha value is -0.880. The summed E-state index contributed by atoms with van der Waals surface area (Å²) in [6.45, 7) is 12.0. The first-order valence-corrected chi connectivity index (χ1v) is 10.6. The lowest BCUT2D eigenvalue weighted by atomic mass is 9.94. The van der Waals surface area contributed by atoms with E-state index >= 15 is 0 Å². The highest BCUT2D eigenvalue weighted by Gasteiger charge is 2.19. The second-order valence-corrected chi connectivity index (χ2v) is 9.43. The van der Waals surface area contributed by atoms with Crippen molar-refractivity contribution in [3.63, 3.8) is 0 Å². The Morgan fingerprint density at radius 2 is 1.96 bits per heavy atom. The molecule has 0 spiro atoms. The van der Waals surface area contributed by atoms with Crippen LogP contribution in [-0.4, -0.2) is 56.1 Å². The number of oxazole rings is 1. The molecule has 0 saturated heterocycles. The Morgan fingerprint density at radius 1 is 1.30 bits per heavy atom. The van der Waals surface area contributed by atoms with E-state index in [9.17, 15) is 8.42 Å². The van der Waals surface area contributed by atoms with Crippen LogP contribution < -0.4 is 10.6 Å². The third kappa shape index (κ3) is 9.24. The number of nitrogens with zero attached hydrogens (tertiary/aromatic N) is 3. The molecule has 0 radical (unpaired) electrons. The molecule has 0 aliphatic rings. The molecule has 158 valence electrons. The van der Waals surface area contributed by atoms with Crippen molar-refractivity contribution in [3.05, 3.63) is 17.8 Å². The van der Waals surface area contributed by atoms with Gasteiger partial charge in [-0.25, -0.2) is 22.7 Å². The Kier molecular flexibility index (Phi) is 11.5. The number of aromatic nitrogens is 1. The molecule has 1 aromatic rings. The number of hydrogen-bond acceptors (Lipinski definition) is 5. The Balaban J connectivity index is 0.00000676. The average molecular weight is 515 g/mol. The number of rotatable bonds is 9. The monoisotopic (exact) mass is 515 g/mol. The topological polar surface area (TPSA) is 99.8 Å². The van der Waals surface area contributed by atoms with Crippen LogP contribution in [0.1, 0.15) is 52.7 Å². The maximum atomic E-state index is 11.7. The minimum atomic E-state index is -3.13. The van der Waals surface area contributed by atoms with Crippen molar-refractivity contribution in [1.29, 1.82) is 0 Å². The maximum absolute atomic E-state index is 11.7. The van der Waals surface area contributed by atoms with E-state index in [1.165, 1.54) is 4.31 Å². The van der Waals surface area contributed by atoms with E-state index in [0.29, 0.717) is 37.9 Å². The van der Waals surface area contributed by atoms with Crippen molar-refractivity contribution < 1.29 is 12.8 Å². The number of guanidine groups is 1. The van der Waals surface area contributed by atoms with E-state index in [4.69, 9.17) is 4.42 Å². The van der Waals surface area contributed by atoms with Crippen LogP contribution in [0.5, 0.6) is 0 Å². The fourth-order valence-corrected chi connectivity index (χ4v) is 2.93. The molecule has 0 fully saturated rings. The molecule has 1 rings (SSSR count). The Morgan fingerprint density at radius 3 is 2.48 bits per heavy atom. The van der Waals surface area contributed by atoms with Gasteiger partial charge >= 0.3 is 0 Å². The highest BCUT2D eigenvalue weighted by molar-refractivity contribution is 14.0. The second-order valence-electron chi connectivity index (χ2n) is 7.07. The van der Waals surface area contributed by atoms with E-state index < -0.39 is 10.0 Å². The molecular formula is C17H34IN5O3S. The third-order valence-corrected chi connectivity index (χ3v) is 5.65. The summed E-state index contributed by atoms with van der Waals surface area (Å²) in [5.74, 6) is 2.18. The standard InChI is InChI=1S/C17H33N5O3S.HI/c1-7-18-16(19-10-9-11-22(6)26(23,24)8-2)21-13-15-20-12-14(25-15)17(3,4)5;/h12H,7-11,13H2,1-6H3,(H2,18,19,21);1H. The van der Waals surface area contributed by atoms with Crippen molar-refractivity contribution in [2.45, 2.75) is 53.0 Å². The van der Waals surface area contributed by atoms with Gasteiger partial charge in [0.25, 0.3) is 0 Å². The Bertz CT molecular complexity index is 683. The summed E-state index contributed by atoms with van der Waals surface area (Å²) in [6, 6.07) is 0. The largest absolute Gasteiger partial charge is 0.443 e. The van der Waals surface area contributed by atoms with Gasteiger partial charge in [0, 0.05) is 32.1 Å². The first-order valence-electron chi connectivity index (χ1n) is 9.01. The summed E-state index contributed by atoms with van der Waals surface area (Å²) < 4.78 is 30.6. The number of nitrogens with one attached hydrogen (secondary N) is 2. The summed E-state index contributed by atoms with van der Waals surface area (Å²) in [4.78, 5) is 8.74. The van der Waals surface area contributed by atoms with Gasteiger partial charge in [-0.1, -0.05) is 20.8 Å². The molecule has 0 aliphatic heterocycles. The van der Waals surface area contributed by atoms with Crippen LogP contribution in [-0.2, 0) is 22.0 Å². The van der Waals surface area contributed by atoms with Crippen LogP contribution >= 0.6 is 24.0 Å². The lowest BCUT2D eigenvalue weighted by Gasteiger charge is -2.16. The van der Waals surface area contributed by atoms with Gasteiger partial charge < -0.3 is 15.1 Å². The molecule has 0 unspecified atom stereocenters. The Labute approximate surface area is 180 Å². The minimum absolute atomic E-state index is 0. The number of halogens is 1. The van der Waals surface area contributed by atoms with E-state index in [1.807, 2.05) is 6.92 Å². The molecule has 27 heavy (non-hydrogen) atoms. The van der Waals surface area contributed by atoms with Crippen LogP contribution in [0, 0.1) is 0 Å². The van der Waals surface area contributed by atoms with Crippen LogP contribution in [0.25, 0.3) is 0 Å². The highest BCUT2D eigenvalue weighted by Crippen LogP contribution is 2.22. The molecule has 0 amide bonds. The molecule has 1 heterocycles. The quantitative estimate of drug-likeness (QED) is 0.227. The highest BCUT2D eigenvalue weighted by atomic mass is 127. The zero-order valence-corrected chi connectivity index (χ0v) is 20.3. The fourth-order valence-electron chi connectivity index (χ4n) is 2.09. The smallest absolute Gasteiger partial charge is 0.216 e. The van der Waals surface area contributed by atoms with E-state index in [-0.39, 0.29) is 35.1 Å². The SMILES string of the molecule is CCNC(=NCc1ncc(C(C)(C)C)o1)NCCCN(C)S(=O)(=O)CC.I. The summed E-state index contributed by atoms with van der Waals surface area (Å²) in [6.07, 6.45) is 2.43. The van der Waals surface area contributed by atoms with Crippen LogP contribution in [0.3, 0.4) is 0 Å². The molecule has 8 nitrogen and oxygen atoms in total.